The molecule has 3 heterocycles. The van der Waals surface area contributed by atoms with Crippen LogP contribution >= 0.6 is 0 Å². The molecule has 0 N–H and O–H groups in total. The molecule has 1 atom stereocenters. The van der Waals surface area contributed by atoms with Crippen LogP contribution in [0.15, 0.2) is 271 Å². The first-order valence-corrected chi connectivity index (χ1v) is 25.6. The highest BCUT2D eigenvalue weighted by atomic mass is 16.3. The van der Waals surface area contributed by atoms with Crippen molar-refractivity contribution in [1.29, 1.82) is 0 Å². The van der Waals surface area contributed by atoms with Gasteiger partial charge in [-0.2, -0.15) is 0 Å². The first kappa shape index (κ1) is 41.0. The summed E-state index contributed by atoms with van der Waals surface area (Å²) >= 11 is 0. The standard InChI is InChI=1S/C71H44N2O/c1-2-21-48-45(19-1)20-15-29-50(48)51-22-3-4-23-52(51)53-24-6-11-35-62(53)72(47-43-41-46(42-44-47)49-28-17-40-67-68(49)57-27-8-14-39-66(57)74-67)65-38-18-33-60-69(65)56-26-5-9-31-58(56)71(60)59-32-10-13-37-64(59)73-63-36-12-7-25-54(63)55-30-16-34-61(71)70(55)73/h1-44H. The van der Waals surface area contributed by atoms with E-state index >= 15 is 0 Å². The van der Waals surface area contributed by atoms with Gasteiger partial charge in [0, 0.05) is 38.4 Å². The SMILES string of the molecule is c1ccc(-c2cccc3ccccc23)c(-c2ccccc2N(c2ccc(-c3cccc4oc5ccccc5c34)cc2)c2cccc3c2-c2ccccc2C32c3ccccc3-n3c4ccccc4c4cccc2c43)c1. The van der Waals surface area contributed by atoms with E-state index in [0.29, 0.717) is 0 Å². The maximum absolute atomic E-state index is 6.40. The topological polar surface area (TPSA) is 21.3 Å². The monoisotopic (exact) mass is 940 g/mol. The van der Waals surface area contributed by atoms with Crippen LogP contribution in [-0.2, 0) is 5.41 Å². The summed E-state index contributed by atoms with van der Waals surface area (Å²) < 4.78 is 8.92. The summed E-state index contributed by atoms with van der Waals surface area (Å²) in [5.41, 5.74) is 22.8. The molecule has 2 aliphatic rings. The fraction of sp³-hybridized carbons (Fsp3) is 0.0141. The average molecular weight is 941 g/mol. The van der Waals surface area contributed by atoms with Gasteiger partial charge in [0.2, 0.25) is 0 Å². The van der Waals surface area contributed by atoms with Crippen molar-refractivity contribution in [2.24, 2.45) is 0 Å². The highest BCUT2D eigenvalue weighted by Crippen LogP contribution is 2.63. The molecule has 0 bridgehead atoms. The Balaban J connectivity index is 0.976. The molecule has 16 rings (SSSR count). The number of aromatic nitrogens is 1. The highest BCUT2D eigenvalue weighted by Gasteiger charge is 2.51. The van der Waals surface area contributed by atoms with Crippen LogP contribution in [-0.4, -0.2) is 4.57 Å². The number of nitrogens with zero attached hydrogens (tertiary/aromatic N) is 2. The van der Waals surface area contributed by atoms with Gasteiger partial charge in [0.15, 0.2) is 0 Å². The number of para-hydroxylation sites is 5. The van der Waals surface area contributed by atoms with Gasteiger partial charge in [-0.15, -0.1) is 0 Å². The molecule has 344 valence electrons. The molecule has 2 aromatic heterocycles. The third kappa shape index (κ3) is 5.55. The van der Waals surface area contributed by atoms with E-state index in [1.54, 1.807) is 0 Å². The van der Waals surface area contributed by atoms with Crippen molar-refractivity contribution in [3.63, 3.8) is 0 Å². The van der Waals surface area contributed by atoms with Gasteiger partial charge in [0.25, 0.3) is 0 Å². The lowest BCUT2D eigenvalue weighted by Crippen LogP contribution is -2.33. The number of anilines is 3. The van der Waals surface area contributed by atoms with Crippen LogP contribution < -0.4 is 4.90 Å². The third-order valence-corrected chi connectivity index (χ3v) is 16.2. The Kier molecular flexibility index (Phi) is 8.66. The minimum Gasteiger partial charge on any atom is -0.456 e. The van der Waals surface area contributed by atoms with E-state index in [9.17, 15) is 0 Å². The molecule has 0 radical (unpaired) electrons. The maximum atomic E-state index is 6.40. The van der Waals surface area contributed by atoms with Gasteiger partial charge < -0.3 is 13.9 Å². The second kappa shape index (κ2) is 15.6. The van der Waals surface area contributed by atoms with E-state index in [4.69, 9.17) is 4.42 Å². The summed E-state index contributed by atoms with van der Waals surface area (Å²) in [6.45, 7) is 0. The van der Waals surface area contributed by atoms with E-state index in [1.807, 2.05) is 6.07 Å². The number of hydrogen-bond donors (Lipinski definition) is 0. The number of furan rings is 1. The largest absolute Gasteiger partial charge is 0.456 e. The summed E-state index contributed by atoms with van der Waals surface area (Å²) in [6, 6.07) is 98.6. The first-order chi connectivity index (χ1) is 36.8. The van der Waals surface area contributed by atoms with Crippen LogP contribution in [0.2, 0.25) is 0 Å². The molecule has 1 unspecified atom stereocenters. The summed E-state index contributed by atoms with van der Waals surface area (Å²) in [6.07, 6.45) is 0. The Morgan fingerprint density at radius 2 is 0.892 bits per heavy atom. The fourth-order valence-corrected chi connectivity index (χ4v) is 13.3. The van der Waals surface area contributed by atoms with E-state index in [0.717, 1.165) is 55.7 Å². The molecule has 0 fully saturated rings. The van der Waals surface area contributed by atoms with Gasteiger partial charge in [0.1, 0.15) is 11.2 Å². The van der Waals surface area contributed by atoms with E-state index in [1.165, 1.54) is 88.3 Å². The molecule has 1 spiro atoms. The highest BCUT2D eigenvalue weighted by molar-refractivity contribution is 6.15. The molecule has 0 saturated carbocycles. The zero-order valence-corrected chi connectivity index (χ0v) is 40.2. The lowest BCUT2D eigenvalue weighted by Gasteiger charge is -2.39. The number of hydrogen-bond acceptors (Lipinski definition) is 2. The zero-order valence-electron chi connectivity index (χ0n) is 40.2. The molecule has 74 heavy (non-hydrogen) atoms. The minimum atomic E-state index is -0.607. The Labute approximate surface area is 428 Å². The maximum Gasteiger partial charge on any atom is 0.136 e. The predicted octanol–water partition coefficient (Wildman–Crippen LogP) is 19.0. The molecule has 1 aliphatic carbocycles. The van der Waals surface area contributed by atoms with Gasteiger partial charge in [-0.05, 0) is 115 Å². The van der Waals surface area contributed by atoms with Crippen LogP contribution in [0.4, 0.5) is 17.1 Å². The van der Waals surface area contributed by atoms with Gasteiger partial charge in [-0.3, -0.25) is 0 Å². The number of rotatable bonds is 6. The molecule has 12 aromatic carbocycles. The molecule has 0 amide bonds. The number of fused-ring (bicyclic) bond motifs is 16. The summed E-state index contributed by atoms with van der Waals surface area (Å²) in [4.78, 5) is 2.54. The molecule has 3 heteroatoms. The minimum absolute atomic E-state index is 0.607. The van der Waals surface area contributed by atoms with Crippen molar-refractivity contribution in [2.45, 2.75) is 5.41 Å². The van der Waals surface area contributed by atoms with Gasteiger partial charge in [-0.25, -0.2) is 0 Å². The van der Waals surface area contributed by atoms with Crippen LogP contribution in [0.5, 0.6) is 0 Å². The van der Waals surface area contributed by atoms with Gasteiger partial charge in [0.05, 0.1) is 33.5 Å². The predicted molar refractivity (Wildman–Crippen MR) is 307 cm³/mol. The normalized spacial score (nSPS) is 14.3. The summed E-state index contributed by atoms with van der Waals surface area (Å²) in [7, 11) is 0. The quantitative estimate of drug-likeness (QED) is 0.166. The second-order valence-electron chi connectivity index (χ2n) is 19.8. The Hall–Kier alpha value is -9.70. The molecule has 14 aromatic rings. The van der Waals surface area contributed by atoms with E-state index in [2.05, 4.69) is 270 Å². The van der Waals surface area contributed by atoms with Gasteiger partial charge in [-0.1, -0.05) is 218 Å². The summed E-state index contributed by atoms with van der Waals surface area (Å²) in [5, 5.41) is 7.25. The molecule has 1 aliphatic heterocycles. The zero-order chi connectivity index (χ0) is 48.5. The van der Waals surface area contributed by atoms with Crippen molar-refractivity contribution in [1.82, 2.24) is 4.57 Å². The van der Waals surface area contributed by atoms with Crippen molar-refractivity contribution >= 4 is 71.6 Å². The smallest absolute Gasteiger partial charge is 0.136 e. The van der Waals surface area contributed by atoms with Crippen LogP contribution in [0, 0.1) is 0 Å². The van der Waals surface area contributed by atoms with Crippen LogP contribution in [0.1, 0.15) is 22.3 Å². The average Bonchev–Trinajstić information content (AvgIpc) is 4.15. The van der Waals surface area contributed by atoms with Crippen LogP contribution in [0.25, 0.3) is 105 Å². The lowest BCUT2D eigenvalue weighted by molar-refractivity contribution is 0.669. The second-order valence-corrected chi connectivity index (χ2v) is 19.8. The molecule has 3 nitrogen and oxygen atoms in total. The lowest BCUT2D eigenvalue weighted by atomic mass is 9.65. The van der Waals surface area contributed by atoms with E-state index in [-0.39, 0.29) is 0 Å². The Morgan fingerprint density at radius 1 is 0.338 bits per heavy atom. The fourth-order valence-electron chi connectivity index (χ4n) is 13.3. The number of benzene rings is 12. The van der Waals surface area contributed by atoms with Gasteiger partial charge >= 0.3 is 0 Å². The Morgan fingerprint density at radius 3 is 1.77 bits per heavy atom. The van der Waals surface area contributed by atoms with E-state index < -0.39 is 5.41 Å². The molecular weight excluding hydrogens is 897 g/mol. The Bertz CT molecular complexity index is 4620. The summed E-state index contributed by atoms with van der Waals surface area (Å²) in [5.74, 6) is 0. The van der Waals surface area contributed by atoms with Crippen molar-refractivity contribution in [3.8, 4) is 50.2 Å². The first-order valence-electron chi connectivity index (χ1n) is 25.6. The molecular formula is C71H44N2O. The van der Waals surface area contributed by atoms with Crippen molar-refractivity contribution in [3.05, 3.63) is 289 Å². The molecule has 0 saturated heterocycles. The van der Waals surface area contributed by atoms with Crippen LogP contribution in [0.3, 0.4) is 0 Å². The third-order valence-electron chi connectivity index (χ3n) is 16.2. The van der Waals surface area contributed by atoms with Crippen molar-refractivity contribution in [2.75, 3.05) is 4.90 Å². The van der Waals surface area contributed by atoms with Crippen molar-refractivity contribution < 1.29 is 4.42 Å².